The number of halogens is 1. The summed E-state index contributed by atoms with van der Waals surface area (Å²) in [6.45, 7) is 2.69. The maximum atomic E-state index is 13.9. The molecule has 0 heterocycles. The second kappa shape index (κ2) is 6.14. The molecule has 1 aromatic carbocycles. The minimum absolute atomic E-state index is 0.0471. The molecule has 2 rings (SSSR count). The topological polar surface area (TPSA) is 63.4 Å². The molecule has 0 bridgehead atoms. The molecular formula is C15H19FN2O2S. The van der Waals surface area contributed by atoms with Gasteiger partial charge in [0.05, 0.1) is 17.0 Å². The van der Waals surface area contributed by atoms with Crippen molar-refractivity contribution in [2.75, 3.05) is 20.1 Å². The van der Waals surface area contributed by atoms with Crippen LogP contribution in [0.15, 0.2) is 23.1 Å². The van der Waals surface area contributed by atoms with E-state index in [2.05, 4.69) is 18.8 Å². The SMILES string of the molecule is CC1CC1CN(C)S(=O)(=O)c1ccc(C#CCN)c(F)c1. The quantitative estimate of drug-likeness (QED) is 0.855. The van der Waals surface area contributed by atoms with Crippen LogP contribution >= 0.6 is 0 Å². The van der Waals surface area contributed by atoms with Gasteiger partial charge in [-0.15, -0.1) is 0 Å². The number of hydrogen-bond donors (Lipinski definition) is 1. The van der Waals surface area contributed by atoms with E-state index in [1.54, 1.807) is 0 Å². The summed E-state index contributed by atoms with van der Waals surface area (Å²) >= 11 is 0. The molecule has 6 heteroatoms. The Labute approximate surface area is 125 Å². The van der Waals surface area contributed by atoms with E-state index < -0.39 is 15.8 Å². The number of benzene rings is 1. The zero-order valence-corrected chi connectivity index (χ0v) is 13.0. The van der Waals surface area contributed by atoms with E-state index in [1.165, 1.54) is 23.5 Å². The first kappa shape index (κ1) is 16.0. The standard InChI is InChI=1S/C15H19FN2O2S/c1-11-8-13(11)10-18(2)21(19,20)14-6-5-12(4-3-7-17)15(16)9-14/h5-6,9,11,13H,7-8,10,17H2,1-2H3. The molecule has 1 saturated carbocycles. The van der Waals surface area contributed by atoms with Gasteiger partial charge in [0.15, 0.2) is 0 Å². The Kier molecular flexibility index (Phi) is 4.67. The largest absolute Gasteiger partial charge is 0.320 e. The third-order valence-corrected chi connectivity index (χ3v) is 5.56. The van der Waals surface area contributed by atoms with Crippen LogP contribution in [0.25, 0.3) is 0 Å². The molecule has 1 aliphatic rings. The van der Waals surface area contributed by atoms with Crippen molar-refractivity contribution in [3.8, 4) is 11.8 Å². The highest BCUT2D eigenvalue weighted by Gasteiger charge is 2.36. The molecule has 114 valence electrons. The summed E-state index contributed by atoms with van der Waals surface area (Å²) in [6, 6.07) is 3.77. The van der Waals surface area contributed by atoms with Crippen LogP contribution < -0.4 is 5.73 Å². The Balaban J connectivity index is 2.21. The van der Waals surface area contributed by atoms with Crippen LogP contribution in [0.1, 0.15) is 18.9 Å². The van der Waals surface area contributed by atoms with Crippen molar-refractivity contribution in [1.29, 1.82) is 0 Å². The van der Waals surface area contributed by atoms with Gasteiger partial charge in [0.2, 0.25) is 10.0 Å². The van der Waals surface area contributed by atoms with Gasteiger partial charge in [-0.05, 0) is 36.5 Å². The van der Waals surface area contributed by atoms with Gasteiger partial charge in [-0.25, -0.2) is 17.1 Å². The molecule has 4 nitrogen and oxygen atoms in total. The molecule has 0 saturated heterocycles. The summed E-state index contributed by atoms with van der Waals surface area (Å²) in [5.74, 6) is 5.44. The summed E-state index contributed by atoms with van der Waals surface area (Å²) in [5, 5.41) is 0. The third kappa shape index (κ3) is 3.62. The first-order chi connectivity index (χ1) is 9.86. The molecule has 0 spiro atoms. The highest BCUT2D eigenvalue weighted by Crippen LogP contribution is 2.38. The Morgan fingerprint density at radius 1 is 1.48 bits per heavy atom. The summed E-state index contributed by atoms with van der Waals surface area (Å²) in [5.41, 5.74) is 5.38. The summed E-state index contributed by atoms with van der Waals surface area (Å²) < 4.78 is 39.9. The van der Waals surface area contributed by atoms with E-state index in [0.717, 1.165) is 12.5 Å². The van der Waals surface area contributed by atoms with Crippen LogP contribution in [0, 0.1) is 29.5 Å². The van der Waals surface area contributed by atoms with E-state index in [4.69, 9.17) is 5.73 Å². The first-order valence-corrected chi connectivity index (χ1v) is 8.25. The lowest BCUT2D eigenvalue weighted by Gasteiger charge is -2.17. The predicted octanol–water partition coefficient (Wildman–Crippen LogP) is 1.41. The fraction of sp³-hybridized carbons (Fsp3) is 0.467. The lowest BCUT2D eigenvalue weighted by atomic mass is 10.2. The minimum atomic E-state index is -3.66. The van der Waals surface area contributed by atoms with Crippen molar-refractivity contribution < 1.29 is 12.8 Å². The fourth-order valence-corrected chi connectivity index (χ4v) is 3.41. The molecule has 2 unspecified atom stereocenters. The normalized spacial score (nSPS) is 21.0. The van der Waals surface area contributed by atoms with Crippen LogP contribution in [0.3, 0.4) is 0 Å². The number of rotatable bonds is 4. The van der Waals surface area contributed by atoms with Crippen molar-refractivity contribution in [1.82, 2.24) is 4.31 Å². The lowest BCUT2D eigenvalue weighted by molar-refractivity contribution is 0.444. The molecule has 21 heavy (non-hydrogen) atoms. The molecule has 1 aromatic rings. The molecule has 0 radical (unpaired) electrons. The highest BCUT2D eigenvalue weighted by atomic mass is 32.2. The Bertz CT molecular complexity index is 691. The second-order valence-electron chi connectivity index (χ2n) is 5.41. The zero-order valence-electron chi connectivity index (χ0n) is 12.1. The van der Waals surface area contributed by atoms with Gasteiger partial charge in [-0.3, -0.25) is 0 Å². The van der Waals surface area contributed by atoms with Crippen molar-refractivity contribution >= 4 is 10.0 Å². The third-order valence-electron chi connectivity index (χ3n) is 3.74. The zero-order chi connectivity index (χ0) is 15.6. The van der Waals surface area contributed by atoms with Crippen LogP contribution in [0.4, 0.5) is 4.39 Å². The summed E-state index contributed by atoms with van der Waals surface area (Å²) in [4.78, 5) is -0.0471. The smallest absolute Gasteiger partial charge is 0.242 e. The van der Waals surface area contributed by atoms with Gasteiger partial charge in [0.25, 0.3) is 0 Å². The molecule has 0 aliphatic heterocycles. The maximum Gasteiger partial charge on any atom is 0.242 e. The number of nitrogens with two attached hydrogens (primary N) is 1. The highest BCUT2D eigenvalue weighted by molar-refractivity contribution is 7.89. The van der Waals surface area contributed by atoms with Crippen LogP contribution in [0.2, 0.25) is 0 Å². The number of nitrogens with zero attached hydrogens (tertiary/aromatic N) is 1. The molecule has 1 fully saturated rings. The maximum absolute atomic E-state index is 13.9. The fourth-order valence-electron chi connectivity index (χ4n) is 2.17. The first-order valence-electron chi connectivity index (χ1n) is 6.81. The summed E-state index contributed by atoms with van der Waals surface area (Å²) in [6.07, 6.45) is 1.04. The molecule has 2 atom stereocenters. The van der Waals surface area contributed by atoms with Gasteiger partial charge >= 0.3 is 0 Å². The van der Waals surface area contributed by atoms with E-state index in [-0.39, 0.29) is 17.0 Å². The molecule has 0 amide bonds. The van der Waals surface area contributed by atoms with Crippen molar-refractivity contribution in [3.05, 3.63) is 29.6 Å². The Morgan fingerprint density at radius 3 is 2.67 bits per heavy atom. The molecule has 1 aliphatic carbocycles. The van der Waals surface area contributed by atoms with E-state index >= 15 is 0 Å². The van der Waals surface area contributed by atoms with Crippen LogP contribution in [0.5, 0.6) is 0 Å². The molecular weight excluding hydrogens is 291 g/mol. The van der Waals surface area contributed by atoms with Gasteiger partial charge in [0, 0.05) is 13.6 Å². The molecule has 2 N–H and O–H groups in total. The van der Waals surface area contributed by atoms with Gasteiger partial charge in [-0.2, -0.15) is 0 Å². The minimum Gasteiger partial charge on any atom is -0.320 e. The van der Waals surface area contributed by atoms with Crippen molar-refractivity contribution in [2.45, 2.75) is 18.2 Å². The predicted molar refractivity (Wildman–Crippen MR) is 79.4 cm³/mol. The summed E-state index contributed by atoms with van der Waals surface area (Å²) in [7, 11) is -2.13. The molecule has 0 aromatic heterocycles. The van der Waals surface area contributed by atoms with Crippen molar-refractivity contribution in [3.63, 3.8) is 0 Å². The van der Waals surface area contributed by atoms with Gasteiger partial charge in [-0.1, -0.05) is 18.8 Å². The number of hydrogen-bond acceptors (Lipinski definition) is 3. The van der Waals surface area contributed by atoms with E-state index in [9.17, 15) is 12.8 Å². The monoisotopic (exact) mass is 310 g/mol. The Morgan fingerprint density at radius 2 is 2.14 bits per heavy atom. The second-order valence-corrected chi connectivity index (χ2v) is 7.45. The lowest BCUT2D eigenvalue weighted by Crippen LogP contribution is -2.29. The van der Waals surface area contributed by atoms with E-state index in [1.807, 2.05) is 0 Å². The number of sulfonamides is 1. The van der Waals surface area contributed by atoms with Crippen molar-refractivity contribution in [2.24, 2.45) is 17.6 Å². The van der Waals surface area contributed by atoms with E-state index in [0.29, 0.717) is 18.4 Å². The van der Waals surface area contributed by atoms with Crippen LogP contribution in [-0.2, 0) is 10.0 Å². The Hall–Kier alpha value is -1.42. The van der Waals surface area contributed by atoms with Crippen LogP contribution in [-0.4, -0.2) is 32.9 Å². The average molecular weight is 310 g/mol. The average Bonchev–Trinajstić information content (AvgIpc) is 3.12. The van der Waals surface area contributed by atoms with Gasteiger partial charge in [0.1, 0.15) is 5.82 Å². The van der Waals surface area contributed by atoms with Gasteiger partial charge < -0.3 is 5.73 Å².